The Labute approximate surface area is 95.5 Å². The van der Waals surface area contributed by atoms with Gasteiger partial charge in [-0.15, -0.1) is 0 Å². The van der Waals surface area contributed by atoms with E-state index in [1.165, 1.54) is 0 Å². The summed E-state index contributed by atoms with van der Waals surface area (Å²) >= 11 is 0. The first-order chi connectivity index (χ1) is 7.17. The third kappa shape index (κ3) is 7.93. The summed E-state index contributed by atoms with van der Waals surface area (Å²) in [5.74, 6) is 0. The second-order valence-corrected chi connectivity index (χ2v) is 5.00. The largest absolute Gasteiger partial charge is 0.389 e. The van der Waals surface area contributed by atoms with Crippen LogP contribution in [0.1, 0.15) is 33.6 Å². The van der Waals surface area contributed by atoms with Gasteiger partial charge in [-0.1, -0.05) is 20.8 Å². The van der Waals surface area contributed by atoms with Crippen LogP contribution in [0.2, 0.25) is 0 Å². The van der Waals surface area contributed by atoms with E-state index < -0.39 is 12.6 Å². The fourth-order valence-corrected chi connectivity index (χ4v) is 1.34. The smallest absolute Gasteiger partial charge is 0.380 e. The molecule has 0 aliphatic heterocycles. The van der Waals surface area contributed by atoms with E-state index in [1.54, 1.807) is 0 Å². The van der Waals surface area contributed by atoms with Crippen molar-refractivity contribution < 1.29 is 17.9 Å². The van der Waals surface area contributed by atoms with E-state index in [1.807, 2.05) is 7.05 Å². The molecule has 16 heavy (non-hydrogen) atoms. The minimum atomic E-state index is -4.07. The Kier molecular flexibility index (Phi) is 6.33. The zero-order valence-electron chi connectivity index (χ0n) is 10.4. The van der Waals surface area contributed by atoms with Crippen molar-refractivity contribution in [1.82, 2.24) is 5.32 Å². The lowest BCUT2D eigenvalue weighted by Gasteiger charge is -2.30. The van der Waals surface area contributed by atoms with Crippen LogP contribution in [0.3, 0.4) is 0 Å². The molecule has 0 saturated heterocycles. The molecule has 0 spiro atoms. The molecule has 5 heteroatoms. The SMILES string of the molecule is CNC(COCCCC(F)(F)F)C(C)(C)C. The van der Waals surface area contributed by atoms with Crippen molar-refractivity contribution >= 4 is 0 Å². The average molecular weight is 241 g/mol. The molecule has 0 aromatic rings. The van der Waals surface area contributed by atoms with E-state index in [-0.39, 0.29) is 24.5 Å². The minimum Gasteiger partial charge on any atom is -0.380 e. The summed E-state index contributed by atoms with van der Waals surface area (Å²) in [7, 11) is 1.83. The number of nitrogens with one attached hydrogen (secondary N) is 1. The number of halogens is 3. The van der Waals surface area contributed by atoms with Gasteiger partial charge in [-0.25, -0.2) is 0 Å². The molecular formula is C11H22F3NO. The van der Waals surface area contributed by atoms with Crippen molar-refractivity contribution in [3.8, 4) is 0 Å². The molecule has 0 saturated carbocycles. The third-order valence-electron chi connectivity index (χ3n) is 2.43. The number of likely N-dealkylation sites (N-methyl/N-ethyl adjacent to an activating group) is 1. The Hall–Kier alpha value is -0.290. The summed E-state index contributed by atoms with van der Waals surface area (Å²) in [6.07, 6.45) is -4.81. The molecule has 0 bridgehead atoms. The summed E-state index contributed by atoms with van der Waals surface area (Å²) in [6, 6.07) is 0.151. The summed E-state index contributed by atoms with van der Waals surface area (Å²) < 4.78 is 40.7. The van der Waals surface area contributed by atoms with Gasteiger partial charge in [0.1, 0.15) is 0 Å². The lowest BCUT2D eigenvalue weighted by molar-refractivity contribution is -0.138. The van der Waals surface area contributed by atoms with Crippen LogP contribution in [0.4, 0.5) is 13.2 Å². The molecule has 1 unspecified atom stereocenters. The maximum Gasteiger partial charge on any atom is 0.389 e. The van der Waals surface area contributed by atoms with E-state index in [0.717, 1.165) is 0 Å². The Morgan fingerprint density at radius 3 is 2.12 bits per heavy atom. The van der Waals surface area contributed by atoms with Gasteiger partial charge in [-0.3, -0.25) is 0 Å². The van der Waals surface area contributed by atoms with E-state index in [0.29, 0.717) is 6.61 Å². The second-order valence-electron chi connectivity index (χ2n) is 5.00. The molecule has 98 valence electrons. The molecule has 1 atom stereocenters. The molecule has 0 aromatic carbocycles. The van der Waals surface area contributed by atoms with E-state index in [2.05, 4.69) is 26.1 Å². The first kappa shape index (κ1) is 15.7. The highest BCUT2D eigenvalue weighted by Gasteiger charge is 2.26. The maximum absolute atomic E-state index is 11.8. The number of rotatable bonds is 6. The van der Waals surface area contributed by atoms with Gasteiger partial charge in [0.05, 0.1) is 6.61 Å². The van der Waals surface area contributed by atoms with Crippen LogP contribution in [-0.4, -0.2) is 32.5 Å². The molecule has 0 aliphatic carbocycles. The number of hydrogen-bond acceptors (Lipinski definition) is 2. The number of hydrogen-bond donors (Lipinski definition) is 1. The first-order valence-corrected chi connectivity index (χ1v) is 5.48. The molecule has 0 amide bonds. The molecule has 0 heterocycles. The predicted molar refractivity (Wildman–Crippen MR) is 58.4 cm³/mol. The fourth-order valence-electron chi connectivity index (χ4n) is 1.34. The molecule has 0 rings (SSSR count). The molecule has 0 aromatic heterocycles. The highest BCUT2D eigenvalue weighted by molar-refractivity contribution is 4.78. The van der Waals surface area contributed by atoms with Crippen LogP contribution in [0.25, 0.3) is 0 Å². The molecule has 2 nitrogen and oxygen atoms in total. The maximum atomic E-state index is 11.8. The highest BCUT2D eigenvalue weighted by Crippen LogP contribution is 2.22. The molecule has 0 aliphatic rings. The third-order valence-corrected chi connectivity index (χ3v) is 2.43. The Bertz CT molecular complexity index is 187. The summed E-state index contributed by atoms with van der Waals surface area (Å²) in [5, 5.41) is 3.10. The van der Waals surface area contributed by atoms with Crippen LogP contribution >= 0.6 is 0 Å². The molecule has 0 radical (unpaired) electrons. The summed E-state index contributed by atoms with van der Waals surface area (Å²) in [6.45, 7) is 6.79. The Balaban J connectivity index is 3.65. The summed E-state index contributed by atoms with van der Waals surface area (Å²) in [4.78, 5) is 0. The topological polar surface area (TPSA) is 21.3 Å². The van der Waals surface area contributed by atoms with Gasteiger partial charge < -0.3 is 10.1 Å². The van der Waals surface area contributed by atoms with Crippen molar-refractivity contribution in [3.63, 3.8) is 0 Å². The van der Waals surface area contributed by atoms with Crippen LogP contribution in [0.15, 0.2) is 0 Å². The standard InChI is InChI=1S/C11H22F3NO/c1-10(2,3)9(15-4)8-16-7-5-6-11(12,13)14/h9,15H,5-8H2,1-4H3. The first-order valence-electron chi connectivity index (χ1n) is 5.48. The predicted octanol–water partition coefficient (Wildman–Crippen LogP) is 2.98. The van der Waals surface area contributed by atoms with E-state index >= 15 is 0 Å². The number of ether oxygens (including phenoxy) is 1. The van der Waals surface area contributed by atoms with Gasteiger partial charge in [0.15, 0.2) is 0 Å². The van der Waals surface area contributed by atoms with Gasteiger partial charge in [-0.05, 0) is 18.9 Å². The van der Waals surface area contributed by atoms with Crippen LogP contribution < -0.4 is 5.32 Å². The van der Waals surface area contributed by atoms with Crippen molar-refractivity contribution in [1.29, 1.82) is 0 Å². The molecule has 1 N–H and O–H groups in total. The fraction of sp³-hybridized carbons (Fsp3) is 1.00. The summed E-state index contributed by atoms with van der Waals surface area (Å²) in [5.41, 5.74) is 0.0405. The zero-order valence-corrected chi connectivity index (χ0v) is 10.4. The van der Waals surface area contributed by atoms with Gasteiger partial charge in [-0.2, -0.15) is 13.2 Å². The normalized spacial score (nSPS) is 15.2. The lowest BCUT2D eigenvalue weighted by Crippen LogP contribution is -2.41. The average Bonchev–Trinajstić information content (AvgIpc) is 2.07. The van der Waals surface area contributed by atoms with Crippen molar-refractivity contribution in [3.05, 3.63) is 0 Å². The zero-order chi connectivity index (χ0) is 12.8. The molecular weight excluding hydrogens is 219 g/mol. The van der Waals surface area contributed by atoms with Crippen LogP contribution in [-0.2, 0) is 4.74 Å². The van der Waals surface area contributed by atoms with Gasteiger partial charge in [0, 0.05) is 19.1 Å². The van der Waals surface area contributed by atoms with Gasteiger partial charge >= 0.3 is 6.18 Å². The minimum absolute atomic E-state index is 0.0318. The van der Waals surface area contributed by atoms with E-state index in [4.69, 9.17) is 4.74 Å². The van der Waals surface area contributed by atoms with Crippen molar-refractivity contribution in [2.24, 2.45) is 5.41 Å². The monoisotopic (exact) mass is 241 g/mol. The Morgan fingerprint density at radius 1 is 1.19 bits per heavy atom. The van der Waals surface area contributed by atoms with E-state index in [9.17, 15) is 13.2 Å². The lowest BCUT2D eigenvalue weighted by atomic mass is 9.87. The van der Waals surface area contributed by atoms with Gasteiger partial charge in [0.2, 0.25) is 0 Å². The quantitative estimate of drug-likeness (QED) is 0.722. The second kappa shape index (κ2) is 6.45. The molecule has 0 fully saturated rings. The number of alkyl halides is 3. The van der Waals surface area contributed by atoms with Crippen LogP contribution in [0, 0.1) is 5.41 Å². The van der Waals surface area contributed by atoms with Gasteiger partial charge in [0.25, 0.3) is 0 Å². The van der Waals surface area contributed by atoms with Crippen molar-refractivity contribution in [2.45, 2.75) is 45.8 Å². The van der Waals surface area contributed by atoms with Crippen LogP contribution in [0.5, 0.6) is 0 Å². The Morgan fingerprint density at radius 2 is 1.75 bits per heavy atom. The highest BCUT2D eigenvalue weighted by atomic mass is 19.4. The van der Waals surface area contributed by atoms with Crippen molar-refractivity contribution in [2.75, 3.05) is 20.3 Å².